The summed E-state index contributed by atoms with van der Waals surface area (Å²) in [5.74, 6) is 1.52. The molecule has 1 saturated carbocycles. The van der Waals surface area contributed by atoms with Gasteiger partial charge in [0.15, 0.2) is 5.96 Å². The second-order valence-electron chi connectivity index (χ2n) is 5.90. The summed E-state index contributed by atoms with van der Waals surface area (Å²) in [5, 5.41) is 9.74. The number of hydrogen-bond acceptors (Lipinski definition) is 3. The Morgan fingerprint density at radius 2 is 1.96 bits per heavy atom. The van der Waals surface area contributed by atoms with Crippen LogP contribution in [0, 0.1) is 0 Å². The van der Waals surface area contributed by atoms with Gasteiger partial charge in [-0.3, -0.25) is 14.0 Å². The van der Waals surface area contributed by atoms with Crippen molar-refractivity contribution in [3.8, 4) is 0 Å². The second-order valence-corrected chi connectivity index (χ2v) is 7.90. The first-order chi connectivity index (χ1) is 11.1. The molecule has 0 aromatic carbocycles. The quantitative estimate of drug-likeness (QED) is 0.286. The highest BCUT2D eigenvalue weighted by atomic mass is 127. The summed E-state index contributed by atoms with van der Waals surface area (Å²) in [6, 6.07) is 0.310. The molecule has 0 aliphatic heterocycles. The Labute approximate surface area is 165 Å². The van der Waals surface area contributed by atoms with Crippen LogP contribution < -0.4 is 16.0 Å². The smallest absolute Gasteiger partial charge is 0.221 e. The van der Waals surface area contributed by atoms with E-state index in [9.17, 15) is 9.00 Å². The van der Waals surface area contributed by atoms with E-state index < -0.39 is 10.8 Å². The molecule has 8 heteroatoms. The average molecular weight is 472 g/mol. The van der Waals surface area contributed by atoms with Gasteiger partial charge in [-0.1, -0.05) is 20.3 Å². The molecule has 1 amide bonds. The summed E-state index contributed by atoms with van der Waals surface area (Å²) in [5.41, 5.74) is 0. The van der Waals surface area contributed by atoms with Crippen LogP contribution in [0.3, 0.4) is 0 Å². The van der Waals surface area contributed by atoms with Crippen LogP contribution in [0.2, 0.25) is 0 Å². The van der Waals surface area contributed by atoms with Gasteiger partial charge >= 0.3 is 0 Å². The minimum absolute atomic E-state index is 0. The molecule has 0 bridgehead atoms. The Balaban J connectivity index is 0.00000529. The number of hydrogen-bond donors (Lipinski definition) is 3. The molecule has 0 spiro atoms. The van der Waals surface area contributed by atoms with Gasteiger partial charge in [0, 0.05) is 54.4 Å². The minimum atomic E-state index is -0.719. The zero-order chi connectivity index (χ0) is 17.1. The van der Waals surface area contributed by atoms with E-state index >= 15 is 0 Å². The van der Waals surface area contributed by atoms with Crippen molar-refractivity contribution < 1.29 is 9.00 Å². The highest BCUT2D eigenvalue weighted by molar-refractivity contribution is 14.0. The Bertz CT molecular complexity index is 421. The molecule has 24 heavy (non-hydrogen) atoms. The van der Waals surface area contributed by atoms with E-state index in [2.05, 4.69) is 20.9 Å². The van der Waals surface area contributed by atoms with E-state index in [0.29, 0.717) is 24.3 Å². The molecule has 1 fully saturated rings. The zero-order valence-electron chi connectivity index (χ0n) is 15.1. The van der Waals surface area contributed by atoms with Crippen LogP contribution >= 0.6 is 24.0 Å². The lowest BCUT2D eigenvalue weighted by atomic mass is 9.95. The van der Waals surface area contributed by atoms with Crippen molar-refractivity contribution in [3.05, 3.63) is 0 Å². The minimum Gasteiger partial charge on any atom is -0.356 e. The van der Waals surface area contributed by atoms with Gasteiger partial charge in [-0.15, -0.1) is 24.0 Å². The Kier molecular flexibility index (Phi) is 13.6. The van der Waals surface area contributed by atoms with E-state index in [-0.39, 0.29) is 29.9 Å². The first-order valence-corrected chi connectivity index (χ1v) is 10.1. The maximum atomic E-state index is 12.0. The van der Waals surface area contributed by atoms with Gasteiger partial charge in [-0.05, 0) is 25.7 Å². The Hall–Kier alpha value is -0.380. The molecule has 0 heterocycles. The molecule has 1 aliphatic rings. The third kappa shape index (κ3) is 9.19. The summed E-state index contributed by atoms with van der Waals surface area (Å²) in [4.78, 5) is 15.8. The SMILES string of the molecule is CCCNC(=O)CCNC(=NC)NC1CCCC(S(=O)CC)C1.I. The highest BCUT2D eigenvalue weighted by Gasteiger charge is 2.25. The van der Waals surface area contributed by atoms with Crippen molar-refractivity contribution >= 4 is 46.6 Å². The number of carbonyl (C=O) groups is 1. The standard InChI is InChI=1S/C16H32N4O2S.HI/c1-4-10-18-15(21)9-11-19-16(17-3)20-13-7-6-8-14(12-13)23(22)5-2;/h13-14H,4-12H2,1-3H3,(H,18,21)(H2,17,19,20);1H. The first kappa shape index (κ1) is 23.6. The summed E-state index contributed by atoms with van der Waals surface area (Å²) in [6.45, 7) is 5.31. The first-order valence-electron chi connectivity index (χ1n) is 8.71. The fourth-order valence-corrected chi connectivity index (χ4v) is 4.13. The van der Waals surface area contributed by atoms with Crippen molar-refractivity contribution in [1.82, 2.24) is 16.0 Å². The van der Waals surface area contributed by atoms with Crippen molar-refractivity contribution in [2.45, 2.75) is 63.7 Å². The van der Waals surface area contributed by atoms with Gasteiger partial charge in [0.2, 0.25) is 5.91 Å². The van der Waals surface area contributed by atoms with E-state index in [1.807, 2.05) is 13.8 Å². The van der Waals surface area contributed by atoms with Gasteiger partial charge in [-0.25, -0.2) is 0 Å². The molecule has 0 saturated heterocycles. The zero-order valence-corrected chi connectivity index (χ0v) is 18.2. The third-order valence-corrected chi connectivity index (χ3v) is 5.80. The van der Waals surface area contributed by atoms with Crippen molar-refractivity contribution in [3.63, 3.8) is 0 Å². The van der Waals surface area contributed by atoms with Crippen molar-refractivity contribution in [1.29, 1.82) is 0 Å². The number of guanidine groups is 1. The van der Waals surface area contributed by atoms with Gasteiger partial charge in [0.25, 0.3) is 0 Å². The van der Waals surface area contributed by atoms with Crippen LogP contribution in [-0.2, 0) is 15.6 Å². The van der Waals surface area contributed by atoms with E-state index in [1.54, 1.807) is 7.05 Å². The van der Waals surface area contributed by atoms with Crippen molar-refractivity contribution in [2.75, 3.05) is 25.9 Å². The lowest BCUT2D eigenvalue weighted by molar-refractivity contribution is -0.120. The molecule has 142 valence electrons. The number of amides is 1. The monoisotopic (exact) mass is 472 g/mol. The van der Waals surface area contributed by atoms with Crippen LogP contribution in [0.25, 0.3) is 0 Å². The normalized spacial score (nSPS) is 22.2. The van der Waals surface area contributed by atoms with Crippen molar-refractivity contribution in [2.24, 2.45) is 4.99 Å². The summed E-state index contributed by atoms with van der Waals surface area (Å²) < 4.78 is 12.0. The molecule has 3 N–H and O–H groups in total. The summed E-state index contributed by atoms with van der Waals surface area (Å²) in [6.07, 6.45) is 5.55. The number of aliphatic imine (C=N–C) groups is 1. The third-order valence-electron chi connectivity index (χ3n) is 4.06. The van der Waals surface area contributed by atoms with E-state index in [4.69, 9.17) is 0 Å². The van der Waals surface area contributed by atoms with Gasteiger partial charge in [0.1, 0.15) is 0 Å². The largest absolute Gasteiger partial charge is 0.356 e. The van der Waals surface area contributed by atoms with Gasteiger partial charge < -0.3 is 16.0 Å². The number of nitrogens with one attached hydrogen (secondary N) is 3. The molecule has 0 radical (unpaired) electrons. The van der Waals surface area contributed by atoms with Gasteiger partial charge in [-0.2, -0.15) is 0 Å². The van der Waals surface area contributed by atoms with Crippen LogP contribution in [0.4, 0.5) is 0 Å². The maximum absolute atomic E-state index is 12.0. The van der Waals surface area contributed by atoms with Gasteiger partial charge in [0.05, 0.1) is 0 Å². The maximum Gasteiger partial charge on any atom is 0.221 e. The average Bonchev–Trinajstić information content (AvgIpc) is 2.58. The van der Waals surface area contributed by atoms with E-state index in [0.717, 1.165) is 50.4 Å². The fourth-order valence-electron chi connectivity index (χ4n) is 2.79. The molecule has 0 aromatic rings. The molecule has 1 rings (SSSR count). The number of halogens is 1. The summed E-state index contributed by atoms with van der Waals surface area (Å²) in [7, 11) is 1.01. The van der Waals surface area contributed by atoms with Crippen LogP contribution in [0.5, 0.6) is 0 Å². The fraction of sp³-hybridized carbons (Fsp3) is 0.875. The second kappa shape index (κ2) is 13.9. The predicted octanol–water partition coefficient (Wildman–Crippen LogP) is 1.77. The molecule has 3 atom stereocenters. The molecular formula is C16H33IN4O2S. The number of carbonyl (C=O) groups excluding carboxylic acids is 1. The molecule has 3 unspecified atom stereocenters. The topological polar surface area (TPSA) is 82.6 Å². The van der Waals surface area contributed by atoms with E-state index in [1.165, 1.54) is 0 Å². The van der Waals surface area contributed by atoms with Crippen LogP contribution in [0.1, 0.15) is 52.4 Å². The Morgan fingerprint density at radius 3 is 2.58 bits per heavy atom. The number of rotatable bonds is 8. The highest BCUT2D eigenvalue weighted by Crippen LogP contribution is 2.22. The predicted molar refractivity (Wildman–Crippen MR) is 113 cm³/mol. The lowest BCUT2D eigenvalue weighted by Crippen LogP contribution is -2.47. The summed E-state index contributed by atoms with van der Waals surface area (Å²) >= 11 is 0. The van der Waals surface area contributed by atoms with Crippen LogP contribution in [-0.4, -0.2) is 53.3 Å². The lowest BCUT2D eigenvalue weighted by Gasteiger charge is -2.30. The molecular weight excluding hydrogens is 439 g/mol. The molecule has 1 aliphatic carbocycles. The Morgan fingerprint density at radius 1 is 1.21 bits per heavy atom. The number of nitrogens with zero attached hydrogens (tertiary/aromatic N) is 1. The molecule has 6 nitrogen and oxygen atoms in total. The van der Waals surface area contributed by atoms with Crippen LogP contribution in [0.15, 0.2) is 4.99 Å². The molecule has 0 aromatic heterocycles.